The minimum atomic E-state index is -2.70. The van der Waals surface area contributed by atoms with Crippen molar-refractivity contribution in [1.29, 1.82) is 0 Å². The first kappa shape index (κ1) is 26.9. The number of phenolic OH excluding ortho intramolecular Hbond substituents is 1. The highest BCUT2D eigenvalue weighted by atomic mass is 16.3. The first-order valence-electron chi connectivity index (χ1n) is 12.5. The normalized spacial score (nSPS) is 31.5. The van der Waals surface area contributed by atoms with Gasteiger partial charge >= 0.3 is 0 Å². The highest BCUT2D eigenvalue weighted by Gasteiger charge is 2.72. The van der Waals surface area contributed by atoms with Crippen LogP contribution in [0.4, 0.5) is 0 Å². The van der Waals surface area contributed by atoms with Crippen LogP contribution in [-0.4, -0.2) is 68.5 Å². The van der Waals surface area contributed by atoms with Gasteiger partial charge in [-0.25, -0.2) is 0 Å². The van der Waals surface area contributed by atoms with E-state index in [-0.39, 0.29) is 29.7 Å². The number of amides is 1. The van der Waals surface area contributed by atoms with Crippen molar-refractivity contribution in [2.45, 2.75) is 65.0 Å². The Hall–Kier alpha value is -3.17. The summed E-state index contributed by atoms with van der Waals surface area (Å²) >= 11 is 0. The molecule has 6 N–H and O–H groups in total. The maximum atomic E-state index is 14.2. The van der Waals surface area contributed by atoms with Gasteiger partial charge in [-0.05, 0) is 62.9 Å². The minimum absolute atomic E-state index is 0.0189. The Labute approximate surface area is 216 Å². The monoisotopic (exact) mass is 512 g/mol. The van der Waals surface area contributed by atoms with Crippen molar-refractivity contribution in [3.05, 3.63) is 45.7 Å². The molecule has 9 heteroatoms. The number of carbonyl (C=O) groups excluding carboxylic acids is 3. The molecule has 3 aliphatic carbocycles. The van der Waals surface area contributed by atoms with Crippen LogP contribution in [0, 0.1) is 16.7 Å². The molecule has 4 atom stereocenters. The van der Waals surface area contributed by atoms with Crippen molar-refractivity contribution in [1.82, 2.24) is 4.90 Å². The Morgan fingerprint density at radius 3 is 2.32 bits per heavy atom. The molecule has 0 spiro atoms. The molecule has 0 radical (unpaired) electrons. The van der Waals surface area contributed by atoms with Crippen LogP contribution in [-0.2, 0) is 27.2 Å². The summed E-state index contributed by atoms with van der Waals surface area (Å²) in [6.07, 6.45) is 1.87. The first-order chi connectivity index (χ1) is 17.0. The maximum absolute atomic E-state index is 14.2. The zero-order valence-electron chi connectivity index (χ0n) is 22.2. The van der Waals surface area contributed by atoms with Gasteiger partial charge in [-0.15, -0.1) is 0 Å². The summed E-state index contributed by atoms with van der Waals surface area (Å²) in [6.45, 7) is 7.53. The zero-order chi connectivity index (χ0) is 27.8. The number of phenols is 1. The molecule has 1 fully saturated rings. The fraction of sp³-hybridized carbons (Fsp3) is 0.536. The van der Waals surface area contributed by atoms with Gasteiger partial charge in [0.15, 0.2) is 11.4 Å². The third-order valence-electron chi connectivity index (χ3n) is 8.60. The lowest BCUT2D eigenvalue weighted by Gasteiger charge is -2.59. The first-order valence-corrected chi connectivity index (χ1v) is 12.5. The summed E-state index contributed by atoms with van der Waals surface area (Å²) in [7, 11) is 3.17. The minimum Gasteiger partial charge on any atom is -0.508 e. The molecular weight excluding hydrogens is 476 g/mol. The van der Waals surface area contributed by atoms with Crippen LogP contribution in [0.2, 0.25) is 0 Å². The van der Waals surface area contributed by atoms with Gasteiger partial charge in [-0.3, -0.25) is 19.3 Å². The Balaban J connectivity index is 2.03. The third kappa shape index (κ3) is 3.47. The van der Waals surface area contributed by atoms with Crippen LogP contribution in [0.1, 0.15) is 57.2 Å². The van der Waals surface area contributed by atoms with Gasteiger partial charge in [-0.2, -0.15) is 0 Å². The summed E-state index contributed by atoms with van der Waals surface area (Å²) in [5, 5.41) is 45.3. The number of aryl methyl sites for hydroxylation is 1. The number of nitrogens with zero attached hydrogens (tertiary/aromatic N) is 1. The van der Waals surface area contributed by atoms with E-state index >= 15 is 0 Å². The number of hydrogen-bond donors (Lipinski definition) is 5. The fourth-order valence-electron chi connectivity index (χ4n) is 7.06. The van der Waals surface area contributed by atoms with Gasteiger partial charge in [0.2, 0.25) is 5.78 Å². The molecule has 1 amide bonds. The average molecular weight is 513 g/mol. The lowest BCUT2D eigenvalue weighted by Crippen LogP contribution is -2.72. The number of aliphatic hydroxyl groups excluding tert-OH is 2. The molecule has 1 aromatic rings. The van der Waals surface area contributed by atoms with Crippen molar-refractivity contribution in [3.8, 4) is 5.75 Å². The van der Waals surface area contributed by atoms with Crippen molar-refractivity contribution in [2.24, 2.45) is 22.5 Å². The van der Waals surface area contributed by atoms with Gasteiger partial charge in [0.05, 0.1) is 11.6 Å². The van der Waals surface area contributed by atoms with Crippen molar-refractivity contribution >= 4 is 23.2 Å². The number of nitrogens with two attached hydrogens (primary N) is 1. The SMILES string of the molecule is CC(C)CCc1ccc(O)c2c1C[C@@]1(C)C[C@@]3(C)[C@H](N(C)C)C(=O)C(C(N)=O)=C(O)[C@@]3(O)C(=O)C1=C2O. The number of rotatable bonds is 5. The van der Waals surface area contributed by atoms with E-state index < -0.39 is 57.0 Å². The molecule has 1 saturated carbocycles. The van der Waals surface area contributed by atoms with Crippen molar-refractivity contribution < 1.29 is 34.8 Å². The number of aromatic hydroxyl groups is 1. The highest BCUT2D eigenvalue weighted by Crippen LogP contribution is 2.63. The Morgan fingerprint density at radius 1 is 1.16 bits per heavy atom. The van der Waals surface area contributed by atoms with E-state index in [0.29, 0.717) is 17.9 Å². The third-order valence-corrected chi connectivity index (χ3v) is 8.60. The second-order valence-corrected chi connectivity index (χ2v) is 11.9. The van der Waals surface area contributed by atoms with Crippen LogP contribution >= 0.6 is 0 Å². The Kier molecular flexibility index (Phi) is 6.12. The summed E-state index contributed by atoms with van der Waals surface area (Å²) in [4.78, 5) is 41.3. The maximum Gasteiger partial charge on any atom is 0.255 e. The van der Waals surface area contributed by atoms with E-state index in [1.165, 1.54) is 17.9 Å². The van der Waals surface area contributed by atoms with E-state index in [9.17, 15) is 34.8 Å². The number of benzene rings is 1. The standard InChI is InChI=1S/C28H36N2O7/c1-13(2)7-8-14-9-10-16(31)17-15(14)11-26(3)12-27(4)22(30(5)6)21(33)18(25(29)36)23(34)28(27,37)24(35)19(26)20(17)32/h9-10,13,22,31-32,34,37H,7-8,11-12H2,1-6H3,(H2,29,36)/t22-,26+,27+,28-/m1/s1. The molecule has 200 valence electrons. The molecule has 0 saturated heterocycles. The molecule has 0 unspecified atom stereocenters. The van der Waals surface area contributed by atoms with Gasteiger partial charge < -0.3 is 26.2 Å². The summed E-state index contributed by atoms with van der Waals surface area (Å²) in [5.41, 5.74) is 0.881. The zero-order valence-corrected chi connectivity index (χ0v) is 22.2. The predicted octanol–water partition coefficient (Wildman–Crippen LogP) is 2.33. The Morgan fingerprint density at radius 2 is 1.78 bits per heavy atom. The van der Waals surface area contributed by atoms with E-state index in [1.807, 2.05) is 6.07 Å². The number of ketones is 2. The summed E-state index contributed by atoms with van der Waals surface area (Å²) in [6, 6.07) is 2.14. The second kappa shape index (κ2) is 8.43. The molecule has 1 aromatic carbocycles. The van der Waals surface area contributed by atoms with Crippen LogP contribution in [0.5, 0.6) is 5.75 Å². The predicted molar refractivity (Wildman–Crippen MR) is 137 cm³/mol. The number of aliphatic hydroxyl groups is 3. The van der Waals surface area contributed by atoms with E-state index in [0.717, 1.165) is 12.0 Å². The number of carbonyl (C=O) groups is 3. The molecule has 0 heterocycles. The smallest absolute Gasteiger partial charge is 0.255 e. The largest absolute Gasteiger partial charge is 0.508 e. The van der Waals surface area contributed by atoms with E-state index in [2.05, 4.69) is 13.8 Å². The number of hydrogen-bond acceptors (Lipinski definition) is 8. The van der Waals surface area contributed by atoms with Gasteiger partial charge in [-0.1, -0.05) is 33.8 Å². The van der Waals surface area contributed by atoms with Crippen LogP contribution in [0.15, 0.2) is 29.0 Å². The summed E-state index contributed by atoms with van der Waals surface area (Å²) < 4.78 is 0. The van der Waals surface area contributed by atoms with Gasteiger partial charge in [0.25, 0.3) is 5.91 Å². The number of fused-ring (bicyclic) bond motifs is 3. The molecular formula is C28H36N2O7. The van der Waals surface area contributed by atoms with E-state index in [1.54, 1.807) is 21.0 Å². The van der Waals surface area contributed by atoms with Gasteiger partial charge in [0, 0.05) is 16.4 Å². The second-order valence-electron chi connectivity index (χ2n) is 11.9. The molecule has 0 bridgehead atoms. The van der Waals surface area contributed by atoms with Crippen molar-refractivity contribution in [3.63, 3.8) is 0 Å². The van der Waals surface area contributed by atoms with Crippen LogP contribution in [0.3, 0.4) is 0 Å². The van der Waals surface area contributed by atoms with Gasteiger partial charge in [0.1, 0.15) is 22.8 Å². The fourth-order valence-corrected chi connectivity index (χ4v) is 7.06. The number of likely N-dealkylation sites (N-methyl/N-ethyl adjacent to an activating group) is 1. The molecule has 0 aromatic heterocycles. The summed E-state index contributed by atoms with van der Waals surface area (Å²) in [5.74, 6) is -4.40. The van der Waals surface area contributed by atoms with E-state index in [4.69, 9.17) is 5.73 Å². The molecule has 9 nitrogen and oxygen atoms in total. The topological polar surface area (TPSA) is 161 Å². The van der Waals surface area contributed by atoms with Crippen LogP contribution in [0.25, 0.3) is 5.76 Å². The molecule has 37 heavy (non-hydrogen) atoms. The highest BCUT2D eigenvalue weighted by molar-refractivity contribution is 6.25. The van der Waals surface area contributed by atoms with Crippen molar-refractivity contribution in [2.75, 3.05) is 14.1 Å². The molecule has 0 aliphatic heterocycles. The lowest BCUT2D eigenvalue weighted by atomic mass is 9.46. The Bertz CT molecular complexity index is 1290. The number of Topliss-reactive ketones (excluding diaryl/α,β-unsaturated/α-hetero) is 2. The number of primary amides is 1. The lowest BCUT2D eigenvalue weighted by molar-refractivity contribution is -0.176. The average Bonchev–Trinajstić information content (AvgIpc) is 2.75. The van der Waals surface area contributed by atoms with Crippen LogP contribution < -0.4 is 5.73 Å². The quantitative estimate of drug-likeness (QED) is 0.376. The molecule has 4 rings (SSSR count). The molecule has 3 aliphatic rings.